The van der Waals surface area contributed by atoms with Crippen LogP contribution < -0.4 is 4.74 Å². The molecule has 16 heavy (non-hydrogen) atoms. The summed E-state index contributed by atoms with van der Waals surface area (Å²) in [6.45, 7) is 1.75. The number of nitro groups is 1. The van der Waals surface area contributed by atoms with Crippen LogP contribution in [-0.2, 0) is 0 Å². The maximum Gasteiger partial charge on any atom is 0.272 e. The molecule has 1 rings (SSSR count). The number of rotatable bonds is 5. The highest BCUT2D eigenvalue weighted by Crippen LogP contribution is 2.22. The number of hydrogen-bond donors (Lipinski definition) is 1. The average Bonchev–Trinajstić information content (AvgIpc) is 2.19. The van der Waals surface area contributed by atoms with Gasteiger partial charge in [0.05, 0.1) is 23.7 Å². The van der Waals surface area contributed by atoms with Gasteiger partial charge in [0.25, 0.3) is 5.69 Å². The van der Waals surface area contributed by atoms with Crippen molar-refractivity contribution in [3.8, 4) is 5.75 Å². The molecule has 0 saturated carbocycles. The smallest absolute Gasteiger partial charge is 0.272 e. The summed E-state index contributed by atoms with van der Waals surface area (Å²) in [5, 5.41) is 19.3. The normalized spacial score (nSPS) is 12.2. The summed E-state index contributed by atoms with van der Waals surface area (Å²) < 4.78 is 18.3. The van der Waals surface area contributed by atoms with Gasteiger partial charge in [-0.05, 0) is 13.0 Å². The van der Waals surface area contributed by atoms with Gasteiger partial charge in [-0.25, -0.2) is 4.39 Å². The molecule has 0 aliphatic heterocycles. The van der Waals surface area contributed by atoms with Gasteiger partial charge in [-0.15, -0.1) is 0 Å². The van der Waals surface area contributed by atoms with Gasteiger partial charge in [-0.1, -0.05) is 0 Å². The van der Waals surface area contributed by atoms with Crippen LogP contribution in [0.1, 0.15) is 13.3 Å². The van der Waals surface area contributed by atoms with Crippen LogP contribution in [0, 0.1) is 15.9 Å². The molecule has 0 radical (unpaired) electrons. The fraction of sp³-hybridized carbons (Fsp3) is 0.400. The van der Waals surface area contributed by atoms with Gasteiger partial charge in [-0.2, -0.15) is 0 Å². The zero-order valence-electron chi connectivity index (χ0n) is 8.72. The first kappa shape index (κ1) is 12.4. The minimum Gasteiger partial charge on any atom is -0.490 e. The lowest BCUT2D eigenvalue weighted by Crippen LogP contribution is -2.08. The number of non-ortho nitro benzene ring substituents is 1. The summed E-state index contributed by atoms with van der Waals surface area (Å²) in [5.41, 5.74) is -0.319. The molecule has 1 unspecified atom stereocenters. The van der Waals surface area contributed by atoms with Gasteiger partial charge in [0.15, 0.2) is 11.6 Å². The molecule has 0 spiro atoms. The molecule has 0 saturated heterocycles. The van der Waals surface area contributed by atoms with E-state index in [9.17, 15) is 14.5 Å². The molecule has 0 aromatic heterocycles. The zero-order chi connectivity index (χ0) is 12.1. The molecule has 0 heterocycles. The maximum absolute atomic E-state index is 13.2. The van der Waals surface area contributed by atoms with E-state index in [2.05, 4.69) is 0 Å². The van der Waals surface area contributed by atoms with Crippen LogP contribution in [0.25, 0.3) is 0 Å². The summed E-state index contributed by atoms with van der Waals surface area (Å²) in [7, 11) is 0. The molecular formula is C10H12FNO4. The predicted octanol–water partition coefficient (Wildman–Crippen LogP) is 1.88. The van der Waals surface area contributed by atoms with Gasteiger partial charge in [-0.3, -0.25) is 10.1 Å². The fourth-order valence-electron chi connectivity index (χ4n) is 1.06. The molecule has 0 aliphatic carbocycles. The Morgan fingerprint density at radius 2 is 2.31 bits per heavy atom. The molecule has 1 aromatic carbocycles. The van der Waals surface area contributed by atoms with E-state index in [-0.39, 0.29) is 18.0 Å². The van der Waals surface area contributed by atoms with Gasteiger partial charge < -0.3 is 9.84 Å². The molecule has 0 amide bonds. The highest BCUT2D eigenvalue weighted by Gasteiger charge is 2.11. The number of halogens is 1. The molecule has 88 valence electrons. The van der Waals surface area contributed by atoms with E-state index in [0.29, 0.717) is 6.42 Å². The van der Waals surface area contributed by atoms with E-state index in [0.717, 1.165) is 6.07 Å². The highest BCUT2D eigenvalue weighted by molar-refractivity contribution is 5.37. The third-order valence-electron chi connectivity index (χ3n) is 1.92. The van der Waals surface area contributed by atoms with E-state index in [1.807, 2.05) is 0 Å². The molecule has 1 aromatic rings. The van der Waals surface area contributed by atoms with Crippen molar-refractivity contribution >= 4 is 5.69 Å². The van der Waals surface area contributed by atoms with Crippen molar-refractivity contribution in [3.05, 3.63) is 34.1 Å². The predicted molar refractivity (Wildman–Crippen MR) is 54.8 cm³/mol. The number of nitrogens with zero attached hydrogens (tertiary/aromatic N) is 1. The molecule has 5 nitrogen and oxygen atoms in total. The Hall–Kier alpha value is -1.69. The second kappa shape index (κ2) is 5.41. The third kappa shape index (κ3) is 3.47. The maximum atomic E-state index is 13.2. The quantitative estimate of drug-likeness (QED) is 0.618. The van der Waals surface area contributed by atoms with E-state index in [1.54, 1.807) is 6.92 Å². The first-order valence-corrected chi connectivity index (χ1v) is 4.75. The van der Waals surface area contributed by atoms with Crippen molar-refractivity contribution < 1.29 is 19.2 Å². The number of benzene rings is 1. The standard InChI is InChI=1S/C10H12FNO4/c1-7(13)4-5-16-10-3-2-8(12(14)15)6-9(10)11/h2-3,6-7,13H,4-5H2,1H3. The van der Waals surface area contributed by atoms with Crippen molar-refractivity contribution in [2.45, 2.75) is 19.4 Å². The molecule has 1 atom stereocenters. The van der Waals surface area contributed by atoms with Gasteiger partial charge in [0.1, 0.15) is 0 Å². The molecule has 0 aliphatic rings. The summed E-state index contributed by atoms with van der Waals surface area (Å²) in [6.07, 6.45) is -0.155. The van der Waals surface area contributed by atoms with Gasteiger partial charge >= 0.3 is 0 Å². The molecule has 0 fully saturated rings. The molecule has 6 heteroatoms. The van der Waals surface area contributed by atoms with Crippen LogP contribution >= 0.6 is 0 Å². The highest BCUT2D eigenvalue weighted by atomic mass is 19.1. The van der Waals surface area contributed by atoms with E-state index < -0.39 is 16.8 Å². The van der Waals surface area contributed by atoms with E-state index in [4.69, 9.17) is 9.84 Å². The lowest BCUT2D eigenvalue weighted by molar-refractivity contribution is -0.385. The number of ether oxygens (including phenoxy) is 1. The largest absolute Gasteiger partial charge is 0.490 e. The van der Waals surface area contributed by atoms with Crippen LogP contribution in [0.4, 0.5) is 10.1 Å². The first-order valence-electron chi connectivity index (χ1n) is 4.75. The van der Waals surface area contributed by atoms with Crippen molar-refractivity contribution in [2.24, 2.45) is 0 Å². The van der Waals surface area contributed by atoms with Crippen LogP contribution in [0.3, 0.4) is 0 Å². The van der Waals surface area contributed by atoms with Crippen LogP contribution in [0.2, 0.25) is 0 Å². The molecule has 0 bridgehead atoms. The minimum atomic E-state index is -0.778. The lowest BCUT2D eigenvalue weighted by Gasteiger charge is -2.08. The fourth-order valence-corrected chi connectivity index (χ4v) is 1.06. The minimum absolute atomic E-state index is 0.0498. The Balaban J connectivity index is 2.64. The van der Waals surface area contributed by atoms with Crippen molar-refractivity contribution in [1.82, 2.24) is 0 Å². The Kier molecular flexibility index (Phi) is 4.19. The Morgan fingerprint density at radius 1 is 1.62 bits per heavy atom. The number of hydrogen-bond acceptors (Lipinski definition) is 4. The molecule has 1 N–H and O–H groups in total. The first-order chi connectivity index (χ1) is 7.50. The van der Waals surface area contributed by atoms with Crippen molar-refractivity contribution in [1.29, 1.82) is 0 Å². The van der Waals surface area contributed by atoms with Crippen LogP contribution in [0.15, 0.2) is 18.2 Å². The van der Waals surface area contributed by atoms with Crippen molar-refractivity contribution in [3.63, 3.8) is 0 Å². The summed E-state index contributed by atoms with van der Waals surface area (Å²) in [4.78, 5) is 9.65. The Morgan fingerprint density at radius 3 is 2.81 bits per heavy atom. The summed E-state index contributed by atoms with van der Waals surface area (Å²) >= 11 is 0. The Bertz CT molecular complexity index is 381. The number of aliphatic hydroxyl groups excluding tert-OH is 1. The van der Waals surface area contributed by atoms with E-state index in [1.165, 1.54) is 12.1 Å². The monoisotopic (exact) mass is 229 g/mol. The second-order valence-corrected chi connectivity index (χ2v) is 3.36. The zero-order valence-corrected chi connectivity index (χ0v) is 8.72. The van der Waals surface area contributed by atoms with E-state index >= 15 is 0 Å². The second-order valence-electron chi connectivity index (χ2n) is 3.36. The van der Waals surface area contributed by atoms with Crippen LogP contribution in [-0.4, -0.2) is 22.7 Å². The summed E-state index contributed by atoms with van der Waals surface area (Å²) in [6, 6.07) is 3.17. The van der Waals surface area contributed by atoms with Crippen molar-refractivity contribution in [2.75, 3.05) is 6.61 Å². The lowest BCUT2D eigenvalue weighted by atomic mass is 10.3. The Labute approximate surface area is 91.6 Å². The number of aliphatic hydroxyl groups is 1. The number of nitro benzene ring substituents is 1. The molecular weight excluding hydrogens is 217 g/mol. The average molecular weight is 229 g/mol. The van der Waals surface area contributed by atoms with Gasteiger partial charge in [0, 0.05) is 12.5 Å². The van der Waals surface area contributed by atoms with Gasteiger partial charge in [0.2, 0.25) is 0 Å². The third-order valence-corrected chi connectivity index (χ3v) is 1.92. The summed E-state index contributed by atoms with van der Waals surface area (Å²) in [5.74, 6) is -0.828. The SMILES string of the molecule is CC(O)CCOc1ccc([N+](=O)[O-])cc1F. The topological polar surface area (TPSA) is 72.6 Å². The van der Waals surface area contributed by atoms with Crippen LogP contribution in [0.5, 0.6) is 5.75 Å².